The smallest absolute Gasteiger partial charge is 0.340 e. The molecule has 1 aromatic heterocycles. The lowest BCUT2D eigenvalue weighted by molar-refractivity contribution is 0.0601. The third-order valence-electron chi connectivity index (χ3n) is 4.03. The maximum Gasteiger partial charge on any atom is 0.340 e. The van der Waals surface area contributed by atoms with E-state index in [1.165, 1.54) is 19.2 Å². The molecule has 1 aliphatic heterocycles. The maximum atomic E-state index is 12.3. The van der Waals surface area contributed by atoms with Gasteiger partial charge in [0.15, 0.2) is 17.1 Å². The fourth-order valence-electron chi connectivity index (χ4n) is 2.72. The van der Waals surface area contributed by atoms with Crippen molar-refractivity contribution >= 4 is 28.7 Å². The number of aromatic nitrogens is 1. The molecule has 0 unspecified atom stereocenters. The molecule has 2 heterocycles. The highest BCUT2D eigenvalue weighted by atomic mass is 16.7. The molecule has 27 heavy (non-hydrogen) atoms. The first-order valence-corrected chi connectivity index (χ1v) is 8.06. The third kappa shape index (κ3) is 3.22. The quantitative estimate of drug-likeness (QED) is 0.680. The second kappa shape index (κ2) is 6.87. The Labute approximate surface area is 153 Å². The van der Waals surface area contributed by atoms with Crippen LogP contribution in [0, 0.1) is 0 Å². The lowest BCUT2D eigenvalue weighted by Gasteiger charge is -2.11. The summed E-state index contributed by atoms with van der Waals surface area (Å²) in [6.45, 7) is 0.200. The lowest BCUT2D eigenvalue weighted by Crippen LogP contribution is -2.29. The van der Waals surface area contributed by atoms with Gasteiger partial charge in [-0.2, -0.15) is 0 Å². The minimum absolute atomic E-state index is 0.0465. The number of hydrogen-bond donors (Lipinski definition) is 2. The van der Waals surface area contributed by atoms with E-state index in [1.54, 1.807) is 6.07 Å². The topological polar surface area (TPSA) is 112 Å². The molecule has 9 nitrogen and oxygen atoms in total. The number of carbonyl (C=O) groups excluding carboxylic acids is 2. The van der Waals surface area contributed by atoms with Gasteiger partial charge in [0.25, 0.3) is 0 Å². The van der Waals surface area contributed by atoms with E-state index in [1.807, 2.05) is 18.2 Å². The fraction of sp³-hybridized carbons (Fsp3) is 0.167. The number of nitrogens with zero attached hydrogens (tertiary/aromatic N) is 1. The Kier molecular flexibility index (Phi) is 4.25. The molecule has 2 amide bonds. The van der Waals surface area contributed by atoms with E-state index in [9.17, 15) is 9.59 Å². The van der Waals surface area contributed by atoms with Crippen LogP contribution in [0.25, 0.3) is 11.0 Å². The summed E-state index contributed by atoms with van der Waals surface area (Å²) >= 11 is 0. The van der Waals surface area contributed by atoms with E-state index in [4.69, 9.17) is 18.7 Å². The third-order valence-corrected chi connectivity index (χ3v) is 4.03. The molecule has 0 spiro atoms. The first-order chi connectivity index (χ1) is 13.2. The predicted molar refractivity (Wildman–Crippen MR) is 93.8 cm³/mol. The fourth-order valence-corrected chi connectivity index (χ4v) is 2.72. The van der Waals surface area contributed by atoms with Gasteiger partial charge < -0.3 is 29.4 Å². The van der Waals surface area contributed by atoms with Crippen molar-refractivity contribution in [1.29, 1.82) is 0 Å². The van der Waals surface area contributed by atoms with Crippen molar-refractivity contribution in [2.75, 3.05) is 19.2 Å². The van der Waals surface area contributed by atoms with Crippen molar-refractivity contribution in [2.45, 2.75) is 6.54 Å². The second-order valence-electron chi connectivity index (χ2n) is 5.68. The molecule has 3 aromatic rings. The zero-order valence-corrected chi connectivity index (χ0v) is 14.3. The highest BCUT2D eigenvalue weighted by molar-refractivity contribution is 6.01. The van der Waals surface area contributed by atoms with Gasteiger partial charge in [-0.25, -0.2) is 9.59 Å². The normalized spacial score (nSPS) is 12.0. The van der Waals surface area contributed by atoms with Crippen molar-refractivity contribution in [3.8, 4) is 11.5 Å². The minimum atomic E-state index is -0.605. The number of hydrogen-bond acceptors (Lipinski definition) is 7. The maximum absolute atomic E-state index is 12.3. The lowest BCUT2D eigenvalue weighted by atomic mass is 10.1. The van der Waals surface area contributed by atoms with Gasteiger partial charge in [0.1, 0.15) is 5.69 Å². The number of para-hydroxylation sites is 1. The average Bonchev–Trinajstić information content (AvgIpc) is 3.31. The molecule has 0 aliphatic carbocycles. The number of benzene rings is 2. The number of urea groups is 1. The summed E-state index contributed by atoms with van der Waals surface area (Å²) < 4.78 is 20.5. The van der Waals surface area contributed by atoms with Crippen LogP contribution < -0.4 is 20.1 Å². The van der Waals surface area contributed by atoms with Gasteiger partial charge in [0.2, 0.25) is 6.79 Å². The second-order valence-corrected chi connectivity index (χ2v) is 5.68. The van der Waals surface area contributed by atoms with Crippen LogP contribution in [0.2, 0.25) is 0 Å². The Morgan fingerprint density at radius 2 is 1.96 bits per heavy atom. The van der Waals surface area contributed by atoms with E-state index < -0.39 is 12.0 Å². The summed E-state index contributed by atoms with van der Waals surface area (Å²) in [6.07, 6.45) is 0. The molecule has 1 aliphatic rings. The summed E-state index contributed by atoms with van der Waals surface area (Å²) in [4.78, 5) is 24.3. The molecule has 0 bridgehead atoms. The highest BCUT2D eigenvalue weighted by Gasteiger charge is 2.22. The number of ether oxygens (including phenoxy) is 3. The van der Waals surface area contributed by atoms with Crippen LogP contribution in [-0.4, -0.2) is 31.1 Å². The number of amides is 2. The molecule has 4 rings (SSSR count). The first kappa shape index (κ1) is 16.7. The van der Waals surface area contributed by atoms with Crippen LogP contribution in [0.4, 0.5) is 10.5 Å². The Hall–Kier alpha value is -3.75. The Bertz CT molecular complexity index is 1030. The molecule has 9 heteroatoms. The number of rotatable bonds is 4. The van der Waals surface area contributed by atoms with Crippen LogP contribution >= 0.6 is 0 Å². The van der Waals surface area contributed by atoms with Crippen molar-refractivity contribution in [2.24, 2.45) is 0 Å². The standard InChI is InChI=1S/C18H15N3O6/c1-24-17(22)11-6-15-16(26-9-25-15)7-12(11)20-18(23)19-8-13-10-4-2-3-5-14(10)27-21-13/h2-7H,8-9H2,1H3,(H2,19,20,23). The zero-order chi connectivity index (χ0) is 18.8. The Morgan fingerprint density at radius 3 is 2.78 bits per heavy atom. The van der Waals surface area contributed by atoms with Gasteiger partial charge in [-0.1, -0.05) is 17.3 Å². The molecule has 2 aromatic carbocycles. The van der Waals surface area contributed by atoms with Crippen molar-refractivity contribution in [3.05, 3.63) is 47.7 Å². The number of esters is 1. The van der Waals surface area contributed by atoms with Crippen LogP contribution in [0.3, 0.4) is 0 Å². The molecule has 0 saturated carbocycles. The highest BCUT2D eigenvalue weighted by Crippen LogP contribution is 2.37. The molecular weight excluding hydrogens is 354 g/mol. The number of carbonyl (C=O) groups is 2. The predicted octanol–water partition coefficient (Wildman–Crippen LogP) is 2.66. The summed E-state index contributed by atoms with van der Waals surface area (Å²) in [5.41, 5.74) is 1.63. The Morgan fingerprint density at radius 1 is 1.19 bits per heavy atom. The van der Waals surface area contributed by atoms with Crippen LogP contribution in [0.5, 0.6) is 11.5 Å². The summed E-state index contributed by atoms with van der Waals surface area (Å²) in [5.74, 6) is 0.238. The zero-order valence-electron chi connectivity index (χ0n) is 14.3. The Balaban J connectivity index is 1.50. The molecule has 0 fully saturated rings. The molecule has 2 N–H and O–H groups in total. The van der Waals surface area contributed by atoms with E-state index in [0.29, 0.717) is 22.8 Å². The largest absolute Gasteiger partial charge is 0.465 e. The monoisotopic (exact) mass is 369 g/mol. The minimum Gasteiger partial charge on any atom is -0.465 e. The number of anilines is 1. The van der Waals surface area contributed by atoms with Gasteiger partial charge in [0.05, 0.1) is 24.9 Å². The number of nitrogens with one attached hydrogen (secondary N) is 2. The van der Waals surface area contributed by atoms with E-state index in [0.717, 1.165) is 5.39 Å². The number of methoxy groups -OCH3 is 1. The first-order valence-electron chi connectivity index (χ1n) is 8.06. The molecular formula is C18H15N3O6. The number of fused-ring (bicyclic) bond motifs is 2. The molecule has 0 atom stereocenters. The van der Waals surface area contributed by atoms with E-state index >= 15 is 0 Å². The molecule has 138 valence electrons. The van der Waals surface area contributed by atoms with Gasteiger partial charge in [-0.15, -0.1) is 0 Å². The molecule has 0 radical (unpaired) electrons. The average molecular weight is 369 g/mol. The van der Waals surface area contributed by atoms with Crippen molar-refractivity contribution < 1.29 is 28.3 Å². The summed E-state index contributed by atoms with van der Waals surface area (Å²) in [5, 5.41) is 10.1. The van der Waals surface area contributed by atoms with Crippen LogP contribution in [-0.2, 0) is 11.3 Å². The van der Waals surface area contributed by atoms with E-state index in [2.05, 4.69) is 15.8 Å². The van der Waals surface area contributed by atoms with E-state index in [-0.39, 0.29) is 24.6 Å². The van der Waals surface area contributed by atoms with Crippen LogP contribution in [0.1, 0.15) is 16.1 Å². The van der Waals surface area contributed by atoms with Gasteiger partial charge in [-0.05, 0) is 12.1 Å². The van der Waals surface area contributed by atoms with Gasteiger partial charge in [-0.3, -0.25) is 0 Å². The van der Waals surface area contributed by atoms with Crippen molar-refractivity contribution in [1.82, 2.24) is 10.5 Å². The SMILES string of the molecule is COC(=O)c1cc2c(cc1NC(=O)NCc1noc3ccccc13)OCO2. The van der Waals surface area contributed by atoms with Gasteiger partial charge >= 0.3 is 12.0 Å². The summed E-state index contributed by atoms with van der Waals surface area (Å²) in [7, 11) is 1.26. The van der Waals surface area contributed by atoms with Gasteiger partial charge in [0, 0.05) is 17.5 Å². The van der Waals surface area contributed by atoms with Crippen molar-refractivity contribution in [3.63, 3.8) is 0 Å². The molecule has 0 saturated heterocycles. The summed E-state index contributed by atoms with van der Waals surface area (Å²) in [6, 6.07) is 9.80. The van der Waals surface area contributed by atoms with Crippen LogP contribution in [0.15, 0.2) is 40.9 Å².